The maximum absolute atomic E-state index is 12.0. The van der Waals surface area contributed by atoms with E-state index >= 15 is 0 Å². The average molecular weight is 408 g/mol. The molecule has 2 aliphatic heterocycles. The normalized spacial score (nSPS) is 18.6. The number of amides is 1. The molecule has 2 aromatic rings. The van der Waals surface area contributed by atoms with Gasteiger partial charge in [-0.25, -0.2) is 0 Å². The van der Waals surface area contributed by atoms with Crippen LogP contribution >= 0.6 is 0 Å². The Kier molecular flexibility index (Phi) is 6.47. The number of carbonyl (C=O) groups excluding carboxylic acids is 1. The van der Waals surface area contributed by atoms with Crippen molar-refractivity contribution in [2.24, 2.45) is 4.99 Å². The van der Waals surface area contributed by atoms with Gasteiger partial charge in [-0.3, -0.25) is 14.8 Å². The van der Waals surface area contributed by atoms with Gasteiger partial charge in [-0.1, -0.05) is 18.2 Å². The summed E-state index contributed by atoms with van der Waals surface area (Å²) in [6.07, 6.45) is 6.10. The van der Waals surface area contributed by atoms with Gasteiger partial charge >= 0.3 is 0 Å². The molecule has 1 saturated heterocycles. The van der Waals surface area contributed by atoms with E-state index in [-0.39, 0.29) is 0 Å². The Morgan fingerprint density at radius 3 is 2.97 bits per heavy atom. The average Bonchev–Trinajstić information content (AvgIpc) is 3.36. The van der Waals surface area contributed by atoms with Crippen LogP contribution in [0.5, 0.6) is 5.75 Å². The molecule has 7 heteroatoms. The number of nitrogens with one attached hydrogen (secondary N) is 1. The predicted molar refractivity (Wildman–Crippen MR) is 118 cm³/mol. The molecule has 4 rings (SSSR count). The number of benzene rings is 1. The van der Waals surface area contributed by atoms with Crippen LogP contribution in [0.3, 0.4) is 0 Å². The number of anilines is 1. The molecule has 1 aromatic heterocycles. The van der Waals surface area contributed by atoms with E-state index in [1.54, 1.807) is 12.4 Å². The summed E-state index contributed by atoms with van der Waals surface area (Å²) in [5.74, 6) is 2.29. The number of rotatable bonds is 7. The van der Waals surface area contributed by atoms with Gasteiger partial charge < -0.3 is 19.9 Å². The summed E-state index contributed by atoms with van der Waals surface area (Å²) >= 11 is 0. The third kappa shape index (κ3) is 4.56. The summed E-state index contributed by atoms with van der Waals surface area (Å²) in [6.45, 7) is 3.77. The van der Waals surface area contributed by atoms with E-state index in [4.69, 9.17) is 4.74 Å². The van der Waals surface area contributed by atoms with E-state index in [0.29, 0.717) is 31.4 Å². The Hall–Kier alpha value is -3.09. The number of pyridine rings is 1. The fourth-order valence-corrected chi connectivity index (χ4v) is 4.25. The topological polar surface area (TPSA) is 70.1 Å². The molecule has 7 nitrogen and oxygen atoms in total. The molecule has 0 bridgehead atoms. The van der Waals surface area contributed by atoms with E-state index in [1.807, 2.05) is 24.1 Å². The third-order valence-corrected chi connectivity index (χ3v) is 5.74. The Morgan fingerprint density at radius 2 is 2.20 bits per heavy atom. The molecule has 1 amide bonds. The molecular formula is C23H29N5O2. The van der Waals surface area contributed by atoms with Gasteiger partial charge in [0.25, 0.3) is 0 Å². The molecule has 1 N–H and O–H groups in total. The van der Waals surface area contributed by atoms with Crippen LogP contribution in [0.4, 0.5) is 5.69 Å². The Labute approximate surface area is 177 Å². The second-order valence-corrected chi connectivity index (χ2v) is 7.65. The molecule has 1 aromatic carbocycles. The first-order chi connectivity index (χ1) is 14.8. The van der Waals surface area contributed by atoms with E-state index in [0.717, 1.165) is 44.2 Å². The first kappa shape index (κ1) is 20.2. The molecule has 1 fully saturated rings. The van der Waals surface area contributed by atoms with E-state index in [1.165, 1.54) is 11.3 Å². The summed E-state index contributed by atoms with van der Waals surface area (Å²) in [6, 6.07) is 12.3. The lowest BCUT2D eigenvalue weighted by Crippen LogP contribution is -2.42. The highest BCUT2D eigenvalue weighted by molar-refractivity contribution is 5.98. The molecule has 3 heterocycles. The largest absolute Gasteiger partial charge is 0.490 e. The van der Waals surface area contributed by atoms with Gasteiger partial charge in [0.2, 0.25) is 5.91 Å². The lowest BCUT2D eigenvalue weighted by atomic mass is 9.98. The third-order valence-electron chi connectivity index (χ3n) is 5.74. The Bertz CT molecular complexity index is 886. The summed E-state index contributed by atoms with van der Waals surface area (Å²) in [5.41, 5.74) is 2.52. The Balaban J connectivity index is 1.35. The second kappa shape index (κ2) is 9.61. The number of fused-ring (bicyclic) bond motifs is 1. The standard InChI is InChI=1S/C23H29N5O2/c1-24-23(26-12-15-30-19-6-4-11-25-16-19)28-17-18(20-7-2-3-8-21(20)28)10-14-27-13-5-9-22(27)29/h2-4,6-8,11,16,18H,5,9-10,12-15,17H2,1H3,(H,24,26). The minimum Gasteiger partial charge on any atom is -0.490 e. The molecule has 0 radical (unpaired) electrons. The van der Waals surface area contributed by atoms with Crippen molar-refractivity contribution in [3.8, 4) is 5.75 Å². The molecule has 158 valence electrons. The van der Waals surface area contributed by atoms with Crippen LogP contribution in [0.15, 0.2) is 53.8 Å². The van der Waals surface area contributed by atoms with E-state index in [2.05, 4.69) is 44.5 Å². The highest BCUT2D eigenvalue weighted by Gasteiger charge is 2.32. The van der Waals surface area contributed by atoms with Crippen LogP contribution < -0.4 is 15.0 Å². The molecule has 0 spiro atoms. The zero-order valence-electron chi connectivity index (χ0n) is 17.5. The first-order valence-electron chi connectivity index (χ1n) is 10.6. The molecule has 0 saturated carbocycles. The molecule has 1 atom stereocenters. The number of para-hydroxylation sites is 1. The summed E-state index contributed by atoms with van der Waals surface area (Å²) in [5, 5.41) is 3.41. The number of carbonyl (C=O) groups is 1. The number of guanidine groups is 1. The smallest absolute Gasteiger partial charge is 0.222 e. The van der Waals surface area contributed by atoms with Crippen LogP contribution in [0.2, 0.25) is 0 Å². The fourth-order valence-electron chi connectivity index (χ4n) is 4.25. The van der Waals surface area contributed by atoms with Crippen LogP contribution in [0.25, 0.3) is 0 Å². The lowest BCUT2D eigenvalue weighted by Gasteiger charge is -2.23. The number of hydrogen-bond acceptors (Lipinski definition) is 4. The van der Waals surface area contributed by atoms with Gasteiger partial charge in [0.05, 0.1) is 12.7 Å². The summed E-state index contributed by atoms with van der Waals surface area (Å²) in [4.78, 5) is 24.8. The van der Waals surface area contributed by atoms with Crippen molar-refractivity contribution >= 4 is 17.6 Å². The second-order valence-electron chi connectivity index (χ2n) is 7.65. The zero-order valence-corrected chi connectivity index (χ0v) is 17.5. The zero-order chi connectivity index (χ0) is 20.8. The van der Waals surface area contributed by atoms with Crippen LogP contribution in [0, 0.1) is 0 Å². The van der Waals surface area contributed by atoms with Crippen LogP contribution in [-0.2, 0) is 4.79 Å². The maximum atomic E-state index is 12.0. The van der Waals surface area contributed by atoms with Crippen LogP contribution in [0.1, 0.15) is 30.7 Å². The quantitative estimate of drug-likeness (QED) is 0.434. The van der Waals surface area contributed by atoms with Gasteiger partial charge in [0, 0.05) is 50.9 Å². The maximum Gasteiger partial charge on any atom is 0.222 e. The molecule has 0 aliphatic carbocycles. The predicted octanol–water partition coefficient (Wildman–Crippen LogP) is 2.65. The number of likely N-dealkylation sites (tertiary alicyclic amines) is 1. The van der Waals surface area contributed by atoms with Crippen molar-refractivity contribution in [1.82, 2.24) is 15.2 Å². The van der Waals surface area contributed by atoms with Crippen molar-refractivity contribution < 1.29 is 9.53 Å². The van der Waals surface area contributed by atoms with Gasteiger partial charge in [0.15, 0.2) is 5.96 Å². The number of hydrogen-bond donors (Lipinski definition) is 1. The van der Waals surface area contributed by atoms with Crippen molar-refractivity contribution in [2.75, 3.05) is 44.7 Å². The fraction of sp³-hybridized carbons (Fsp3) is 0.435. The highest BCUT2D eigenvalue weighted by Crippen LogP contribution is 2.38. The molecule has 30 heavy (non-hydrogen) atoms. The van der Waals surface area contributed by atoms with Crippen LogP contribution in [-0.4, -0.2) is 61.6 Å². The highest BCUT2D eigenvalue weighted by atomic mass is 16.5. The van der Waals surface area contributed by atoms with E-state index < -0.39 is 0 Å². The minimum absolute atomic E-state index is 0.296. The number of nitrogens with zero attached hydrogens (tertiary/aromatic N) is 4. The van der Waals surface area contributed by atoms with Crippen molar-refractivity contribution in [3.05, 3.63) is 54.4 Å². The SMILES string of the molecule is CN=C(NCCOc1cccnc1)N1CC(CCN2CCCC2=O)c2ccccc21. The summed E-state index contributed by atoms with van der Waals surface area (Å²) < 4.78 is 5.72. The number of ether oxygens (including phenoxy) is 1. The van der Waals surface area contributed by atoms with E-state index in [9.17, 15) is 4.79 Å². The Morgan fingerprint density at radius 1 is 1.30 bits per heavy atom. The molecule has 1 unspecified atom stereocenters. The molecular weight excluding hydrogens is 378 g/mol. The van der Waals surface area contributed by atoms with Gasteiger partial charge in [0.1, 0.15) is 12.4 Å². The van der Waals surface area contributed by atoms with Gasteiger partial charge in [-0.15, -0.1) is 0 Å². The summed E-state index contributed by atoms with van der Waals surface area (Å²) in [7, 11) is 1.81. The number of aromatic nitrogens is 1. The van der Waals surface area contributed by atoms with Gasteiger partial charge in [-0.05, 0) is 36.6 Å². The monoisotopic (exact) mass is 407 g/mol. The number of aliphatic imine (C=N–C) groups is 1. The lowest BCUT2D eigenvalue weighted by molar-refractivity contribution is -0.127. The van der Waals surface area contributed by atoms with Crippen molar-refractivity contribution in [3.63, 3.8) is 0 Å². The minimum atomic E-state index is 0.296. The molecule has 2 aliphatic rings. The van der Waals surface area contributed by atoms with Gasteiger partial charge in [-0.2, -0.15) is 0 Å². The van der Waals surface area contributed by atoms with Crippen molar-refractivity contribution in [1.29, 1.82) is 0 Å². The first-order valence-corrected chi connectivity index (χ1v) is 10.6. The van der Waals surface area contributed by atoms with Crippen molar-refractivity contribution in [2.45, 2.75) is 25.2 Å².